The van der Waals surface area contributed by atoms with Crippen LogP contribution < -0.4 is 16.2 Å². The van der Waals surface area contributed by atoms with Crippen LogP contribution in [0.4, 0.5) is 0 Å². The molecule has 0 spiro atoms. The van der Waals surface area contributed by atoms with Gasteiger partial charge in [0.25, 0.3) is 0 Å². The zero-order valence-electron chi connectivity index (χ0n) is 13.4. The van der Waals surface area contributed by atoms with Gasteiger partial charge in [0.15, 0.2) is 5.78 Å². The van der Waals surface area contributed by atoms with E-state index in [0.717, 1.165) is 5.56 Å². The van der Waals surface area contributed by atoms with Crippen molar-refractivity contribution >= 4 is 23.3 Å². The molecule has 2 aliphatic heterocycles. The van der Waals surface area contributed by atoms with E-state index < -0.39 is 5.92 Å². The van der Waals surface area contributed by atoms with E-state index in [9.17, 15) is 9.59 Å². The van der Waals surface area contributed by atoms with Crippen LogP contribution in [-0.2, 0) is 4.79 Å². The third kappa shape index (κ3) is 3.06. The molecule has 25 heavy (non-hydrogen) atoms. The van der Waals surface area contributed by atoms with E-state index in [0.29, 0.717) is 10.6 Å². The number of hydrogen-bond acceptors (Lipinski definition) is 4. The first kappa shape index (κ1) is 16.3. The minimum Gasteiger partial charge on any atom is -0.339 e. The normalized spacial score (nSPS) is 28.3. The summed E-state index contributed by atoms with van der Waals surface area (Å²) in [5.41, 5.74) is 8.00. The second kappa shape index (κ2) is 6.59. The van der Waals surface area contributed by atoms with E-state index in [4.69, 9.17) is 11.6 Å². The Kier molecular flexibility index (Phi) is 4.29. The van der Waals surface area contributed by atoms with Gasteiger partial charge >= 0.3 is 0 Å². The summed E-state index contributed by atoms with van der Waals surface area (Å²) < 4.78 is 0. The fourth-order valence-electron chi connectivity index (χ4n) is 3.82. The number of nitrogens with one attached hydrogen (secondary N) is 3. The molecular weight excluding hydrogens is 338 g/mol. The topological polar surface area (TPSA) is 70.2 Å². The molecule has 5 nitrogen and oxygen atoms in total. The molecule has 0 bridgehead atoms. The highest BCUT2D eigenvalue weighted by Gasteiger charge is 2.48. The summed E-state index contributed by atoms with van der Waals surface area (Å²) in [6.45, 7) is 0. The minimum atomic E-state index is -0.412. The molecule has 0 saturated carbocycles. The summed E-state index contributed by atoms with van der Waals surface area (Å²) in [5.74, 6) is -0.653. The average molecular weight is 356 g/mol. The van der Waals surface area contributed by atoms with E-state index in [1.165, 1.54) is 0 Å². The summed E-state index contributed by atoms with van der Waals surface area (Å²) in [4.78, 5) is 25.2. The molecule has 2 aromatic carbocycles. The molecule has 2 aromatic rings. The summed E-state index contributed by atoms with van der Waals surface area (Å²) >= 11 is 6.04. The Balaban J connectivity index is 1.69. The number of amides is 1. The van der Waals surface area contributed by atoms with Gasteiger partial charge in [0.05, 0.1) is 12.2 Å². The van der Waals surface area contributed by atoms with Gasteiger partial charge in [0.2, 0.25) is 5.91 Å². The zero-order chi connectivity index (χ0) is 17.4. The highest BCUT2D eigenvalue weighted by molar-refractivity contribution is 6.31. The molecule has 4 atom stereocenters. The van der Waals surface area contributed by atoms with Crippen LogP contribution in [0.3, 0.4) is 0 Å². The molecule has 0 radical (unpaired) electrons. The monoisotopic (exact) mass is 355 g/mol. The highest BCUT2D eigenvalue weighted by atomic mass is 35.5. The number of ketones is 1. The van der Waals surface area contributed by atoms with Crippen molar-refractivity contribution in [3.8, 4) is 0 Å². The van der Waals surface area contributed by atoms with Gasteiger partial charge in [0, 0.05) is 28.8 Å². The lowest BCUT2D eigenvalue weighted by Gasteiger charge is -2.35. The highest BCUT2D eigenvalue weighted by Crippen LogP contribution is 2.39. The van der Waals surface area contributed by atoms with Gasteiger partial charge in [-0.25, -0.2) is 10.9 Å². The van der Waals surface area contributed by atoms with Crippen LogP contribution in [0.5, 0.6) is 0 Å². The van der Waals surface area contributed by atoms with Crippen LogP contribution >= 0.6 is 11.6 Å². The number of hydrogen-bond donors (Lipinski definition) is 3. The fraction of sp³-hybridized carbons (Fsp3) is 0.263. The van der Waals surface area contributed by atoms with Crippen LogP contribution in [0.15, 0.2) is 54.6 Å². The Hall–Kier alpha value is -2.21. The van der Waals surface area contributed by atoms with Crippen molar-refractivity contribution in [1.82, 2.24) is 16.2 Å². The first-order valence-electron chi connectivity index (χ1n) is 8.28. The van der Waals surface area contributed by atoms with Crippen molar-refractivity contribution in [3.63, 3.8) is 0 Å². The Morgan fingerprint density at radius 2 is 1.84 bits per heavy atom. The Bertz CT molecular complexity index is 811. The molecule has 1 amide bonds. The maximum absolute atomic E-state index is 13.1. The largest absolute Gasteiger partial charge is 0.339 e. The number of Topliss-reactive ketones (excluding diaryl/α,β-unsaturated/α-hetero) is 1. The number of fused-ring (bicyclic) bond motifs is 1. The fourth-order valence-corrected chi connectivity index (χ4v) is 4.01. The van der Waals surface area contributed by atoms with Gasteiger partial charge in [-0.1, -0.05) is 54.1 Å². The Labute approximate surface area is 150 Å². The number of carbonyl (C=O) groups is 2. The van der Waals surface area contributed by atoms with E-state index >= 15 is 0 Å². The van der Waals surface area contributed by atoms with E-state index in [1.807, 2.05) is 30.3 Å². The molecule has 6 heteroatoms. The van der Waals surface area contributed by atoms with E-state index in [1.54, 1.807) is 24.3 Å². The van der Waals surface area contributed by atoms with Gasteiger partial charge in [-0.3, -0.25) is 9.59 Å². The van der Waals surface area contributed by atoms with Crippen molar-refractivity contribution < 1.29 is 9.59 Å². The van der Waals surface area contributed by atoms with Gasteiger partial charge in [0.1, 0.15) is 0 Å². The molecule has 4 unspecified atom stereocenters. The molecule has 2 saturated heterocycles. The summed E-state index contributed by atoms with van der Waals surface area (Å²) in [7, 11) is 0. The summed E-state index contributed by atoms with van der Waals surface area (Å²) in [6, 6.07) is 16.8. The summed E-state index contributed by atoms with van der Waals surface area (Å²) in [6.07, 6.45) is -0.0984. The van der Waals surface area contributed by atoms with Gasteiger partial charge < -0.3 is 5.32 Å². The van der Waals surface area contributed by atoms with Crippen LogP contribution in [0.2, 0.25) is 5.02 Å². The molecule has 0 aromatic heterocycles. The molecule has 128 valence electrons. The van der Waals surface area contributed by atoms with Crippen molar-refractivity contribution in [1.29, 1.82) is 0 Å². The SMILES string of the molecule is O=C1CC(C(=O)c2cccc(Cl)c2)C2C(NNC2c2ccccc2)N1. The van der Waals surface area contributed by atoms with Crippen LogP contribution in [0, 0.1) is 11.8 Å². The molecule has 2 aliphatic rings. The number of halogens is 1. The smallest absolute Gasteiger partial charge is 0.222 e. The molecule has 3 N–H and O–H groups in total. The maximum atomic E-state index is 13.1. The minimum absolute atomic E-state index is 0.0428. The number of piperidine rings is 1. The lowest BCUT2D eigenvalue weighted by Crippen LogP contribution is -2.54. The standard InChI is InChI=1S/C19H18ClN3O2/c20-13-8-4-7-12(9-13)18(25)14-10-15(24)21-19-16(14)17(22-23-19)11-5-2-1-3-6-11/h1-9,14,16-17,19,22-23H,10H2,(H,21,24). The lowest BCUT2D eigenvalue weighted by atomic mass is 9.74. The third-order valence-electron chi connectivity index (χ3n) is 4.96. The molecule has 2 fully saturated rings. The van der Waals surface area contributed by atoms with Crippen molar-refractivity contribution in [2.24, 2.45) is 11.8 Å². The predicted molar refractivity (Wildman–Crippen MR) is 94.8 cm³/mol. The van der Waals surface area contributed by atoms with Crippen molar-refractivity contribution in [3.05, 3.63) is 70.7 Å². The average Bonchev–Trinajstić information content (AvgIpc) is 3.05. The van der Waals surface area contributed by atoms with Crippen LogP contribution in [0.25, 0.3) is 0 Å². The quantitative estimate of drug-likeness (QED) is 0.740. The third-order valence-corrected chi connectivity index (χ3v) is 5.19. The first-order chi connectivity index (χ1) is 12.1. The molecular formula is C19H18ClN3O2. The van der Waals surface area contributed by atoms with Crippen molar-refractivity contribution in [2.75, 3.05) is 0 Å². The van der Waals surface area contributed by atoms with Crippen molar-refractivity contribution in [2.45, 2.75) is 18.6 Å². The Morgan fingerprint density at radius 3 is 2.60 bits per heavy atom. The number of hydrazine groups is 1. The predicted octanol–water partition coefficient (Wildman–Crippen LogP) is 2.45. The van der Waals surface area contributed by atoms with E-state index in [2.05, 4.69) is 16.2 Å². The Morgan fingerprint density at radius 1 is 1.04 bits per heavy atom. The van der Waals surface area contributed by atoms with Crippen LogP contribution in [-0.4, -0.2) is 17.9 Å². The van der Waals surface area contributed by atoms with Crippen LogP contribution in [0.1, 0.15) is 28.4 Å². The lowest BCUT2D eigenvalue weighted by molar-refractivity contribution is -0.125. The summed E-state index contributed by atoms with van der Waals surface area (Å²) in [5, 5.41) is 3.45. The number of rotatable bonds is 3. The maximum Gasteiger partial charge on any atom is 0.222 e. The molecule has 2 heterocycles. The second-order valence-corrected chi connectivity index (χ2v) is 6.92. The zero-order valence-corrected chi connectivity index (χ0v) is 14.2. The number of benzene rings is 2. The van der Waals surface area contributed by atoms with Gasteiger partial charge in [-0.05, 0) is 17.7 Å². The second-order valence-electron chi connectivity index (χ2n) is 6.48. The first-order valence-corrected chi connectivity index (χ1v) is 8.66. The van der Waals surface area contributed by atoms with Gasteiger partial charge in [-0.15, -0.1) is 0 Å². The molecule has 0 aliphatic carbocycles. The molecule has 4 rings (SSSR count). The van der Waals surface area contributed by atoms with Gasteiger partial charge in [-0.2, -0.15) is 0 Å². The van der Waals surface area contributed by atoms with E-state index in [-0.39, 0.29) is 36.2 Å². The number of carbonyl (C=O) groups excluding carboxylic acids is 2.